The first-order chi connectivity index (χ1) is 9.86. The van der Waals surface area contributed by atoms with Gasteiger partial charge in [-0.25, -0.2) is 15.0 Å². The lowest BCUT2D eigenvalue weighted by molar-refractivity contribution is 0.606. The highest BCUT2D eigenvalue weighted by atomic mass is 15.0. The molecule has 3 nitrogen and oxygen atoms in total. The molecule has 1 aromatic rings. The summed E-state index contributed by atoms with van der Waals surface area (Å²) in [6.07, 6.45) is 17.6. The normalized spacial score (nSPS) is 10.9. The van der Waals surface area contributed by atoms with Crippen LogP contribution in [-0.4, -0.2) is 15.0 Å². The first-order valence-corrected chi connectivity index (χ1v) is 8.46. The van der Waals surface area contributed by atoms with Gasteiger partial charge in [0.15, 0.2) is 0 Å². The molecule has 0 bridgehead atoms. The standard InChI is InChI=1S/C17H30N3/c1-3-5-7-9-11-13-16-18-15-19-17(20-16)14-12-10-8-6-4-2/h3-14H2,1-2H3. The van der Waals surface area contributed by atoms with E-state index in [1.54, 1.807) is 0 Å². The van der Waals surface area contributed by atoms with Gasteiger partial charge in [0.2, 0.25) is 6.33 Å². The van der Waals surface area contributed by atoms with Crippen molar-refractivity contribution in [2.45, 2.75) is 90.9 Å². The van der Waals surface area contributed by atoms with E-state index in [4.69, 9.17) is 0 Å². The zero-order chi connectivity index (χ0) is 14.5. The summed E-state index contributed by atoms with van der Waals surface area (Å²) in [5.41, 5.74) is 0. The highest BCUT2D eigenvalue weighted by molar-refractivity contribution is 4.90. The van der Waals surface area contributed by atoms with Crippen LogP contribution in [0.25, 0.3) is 0 Å². The van der Waals surface area contributed by atoms with E-state index in [-0.39, 0.29) is 0 Å². The van der Waals surface area contributed by atoms with E-state index in [0.717, 1.165) is 24.5 Å². The van der Waals surface area contributed by atoms with Gasteiger partial charge in [0.1, 0.15) is 11.6 Å². The molecule has 0 amide bonds. The first kappa shape index (κ1) is 17.1. The molecular formula is C17H30N3. The Morgan fingerprint density at radius 3 is 1.55 bits per heavy atom. The van der Waals surface area contributed by atoms with Crippen LogP contribution in [0.15, 0.2) is 0 Å². The predicted octanol–water partition coefficient (Wildman–Crippen LogP) is 4.70. The largest absolute Gasteiger partial charge is 0.218 e. The van der Waals surface area contributed by atoms with E-state index in [9.17, 15) is 0 Å². The third-order valence-corrected chi connectivity index (χ3v) is 3.62. The maximum atomic E-state index is 4.55. The smallest absolute Gasteiger partial charge is 0.201 e. The number of hydrogen-bond donors (Lipinski definition) is 0. The Balaban J connectivity index is 2.19. The van der Waals surface area contributed by atoms with Crippen molar-refractivity contribution in [1.29, 1.82) is 0 Å². The molecule has 0 aliphatic heterocycles. The van der Waals surface area contributed by atoms with Crippen LogP contribution in [0.5, 0.6) is 0 Å². The van der Waals surface area contributed by atoms with E-state index in [0.29, 0.717) is 0 Å². The van der Waals surface area contributed by atoms with Crippen molar-refractivity contribution in [2.75, 3.05) is 0 Å². The lowest BCUT2D eigenvalue weighted by Gasteiger charge is -2.03. The van der Waals surface area contributed by atoms with Crippen molar-refractivity contribution < 1.29 is 0 Å². The number of rotatable bonds is 12. The summed E-state index contributed by atoms with van der Waals surface area (Å²) in [6.45, 7) is 4.49. The van der Waals surface area contributed by atoms with Crippen molar-refractivity contribution in [2.24, 2.45) is 0 Å². The van der Waals surface area contributed by atoms with Crippen molar-refractivity contribution >= 4 is 0 Å². The second-order valence-corrected chi connectivity index (χ2v) is 5.60. The van der Waals surface area contributed by atoms with Gasteiger partial charge in [0.05, 0.1) is 0 Å². The van der Waals surface area contributed by atoms with Crippen LogP contribution in [0.1, 0.15) is 89.7 Å². The van der Waals surface area contributed by atoms with E-state index >= 15 is 0 Å². The Bertz CT molecular complexity index is 310. The molecule has 0 fully saturated rings. The minimum Gasteiger partial charge on any atom is -0.218 e. The Morgan fingerprint density at radius 2 is 1.10 bits per heavy atom. The number of aryl methyl sites for hydroxylation is 2. The number of nitrogens with zero attached hydrogens (tertiary/aromatic N) is 3. The molecule has 0 aromatic carbocycles. The molecular weight excluding hydrogens is 246 g/mol. The Hall–Kier alpha value is -0.990. The van der Waals surface area contributed by atoms with Gasteiger partial charge < -0.3 is 0 Å². The van der Waals surface area contributed by atoms with Gasteiger partial charge in [0, 0.05) is 12.8 Å². The van der Waals surface area contributed by atoms with Crippen LogP contribution in [0.4, 0.5) is 0 Å². The lowest BCUT2D eigenvalue weighted by Crippen LogP contribution is -2.03. The molecule has 3 heteroatoms. The van der Waals surface area contributed by atoms with Crippen LogP contribution < -0.4 is 0 Å². The minimum absolute atomic E-state index is 0.931. The molecule has 20 heavy (non-hydrogen) atoms. The Labute approximate surface area is 124 Å². The zero-order valence-electron chi connectivity index (χ0n) is 13.3. The lowest BCUT2D eigenvalue weighted by atomic mass is 10.1. The van der Waals surface area contributed by atoms with E-state index < -0.39 is 0 Å². The summed E-state index contributed by atoms with van der Waals surface area (Å²) in [4.78, 5) is 12.9. The molecule has 0 aliphatic rings. The monoisotopic (exact) mass is 276 g/mol. The fraction of sp³-hybridized carbons (Fsp3) is 0.824. The van der Waals surface area contributed by atoms with E-state index in [1.807, 2.05) is 0 Å². The molecule has 0 saturated carbocycles. The highest BCUT2D eigenvalue weighted by Crippen LogP contribution is 2.08. The SMILES string of the molecule is CCCCCCCc1n[c]nc(CCCCCCC)n1. The summed E-state index contributed by atoms with van der Waals surface area (Å²) in [7, 11) is 0. The van der Waals surface area contributed by atoms with Gasteiger partial charge in [-0.3, -0.25) is 0 Å². The number of aromatic nitrogens is 3. The third-order valence-electron chi connectivity index (χ3n) is 3.62. The van der Waals surface area contributed by atoms with Crippen molar-refractivity contribution in [3.63, 3.8) is 0 Å². The van der Waals surface area contributed by atoms with E-state index in [1.165, 1.54) is 64.2 Å². The molecule has 0 spiro atoms. The van der Waals surface area contributed by atoms with Gasteiger partial charge in [-0.2, -0.15) is 0 Å². The molecule has 0 saturated heterocycles. The second kappa shape index (κ2) is 11.8. The molecule has 113 valence electrons. The van der Waals surface area contributed by atoms with Gasteiger partial charge in [-0.1, -0.05) is 65.2 Å². The van der Waals surface area contributed by atoms with Crippen LogP contribution in [0.2, 0.25) is 0 Å². The molecule has 1 radical (unpaired) electrons. The quantitative estimate of drug-likeness (QED) is 0.519. The number of hydrogen-bond acceptors (Lipinski definition) is 3. The third kappa shape index (κ3) is 8.23. The van der Waals surface area contributed by atoms with Crippen molar-refractivity contribution in [1.82, 2.24) is 15.0 Å². The maximum Gasteiger partial charge on any atom is 0.201 e. The van der Waals surface area contributed by atoms with E-state index in [2.05, 4.69) is 35.1 Å². The second-order valence-electron chi connectivity index (χ2n) is 5.60. The highest BCUT2D eigenvalue weighted by Gasteiger charge is 2.02. The van der Waals surface area contributed by atoms with Gasteiger partial charge in [-0.05, 0) is 12.8 Å². The van der Waals surface area contributed by atoms with Crippen LogP contribution >= 0.6 is 0 Å². The van der Waals surface area contributed by atoms with Gasteiger partial charge in [0.25, 0.3) is 0 Å². The topological polar surface area (TPSA) is 38.7 Å². The van der Waals surface area contributed by atoms with Crippen LogP contribution in [0, 0.1) is 6.33 Å². The Kier molecular flexibility index (Phi) is 10.1. The van der Waals surface area contributed by atoms with Crippen molar-refractivity contribution in [3.05, 3.63) is 18.0 Å². The summed E-state index contributed by atoms with van der Waals surface area (Å²) in [5, 5.41) is 0. The summed E-state index contributed by atoms with van der Waals surface area (Å²) in [6, 6.07) is 0. The molecule has 1 heterocycles. The number of unbranched alkanes of at least 4 members (excludes halogenated alkanes) is 8. The average molecular weight is 276 g/mol. The molecule has 1 aromatic heterocycles. The predicted molar refractivity (Wildman–Crippen MR) is 83.6 cm³/mol. The molecule has 0 atom stereocenters. The molecule has 0 aliphatic carbocycles. The van der Waals surface area contributed by atoms with Gasteiger partial charge >= 0.3 is 0 Å². The van der Waals surface area contributed by atoms with Crippen LogP contribution in [-0.2, 0) is 12.8 Å². The maximum absolute atomic E-state index is 4.55. The fourth-order valence-electron chi connectivity index (χ4n) is 2.34. The van der Waals surface area contributed by atoms with Crippen molar-refractivity contribution in [3.8, 4) is 0 Å². The van der Waals surface area contributed by atoms with Gasteiger partial charge in [-0.15, -0.1) is 0 Å². The zero-order valence-corrected chi connectivity index (χ0v) is 13.3. The fourth-order valence-corrected chi connectivity index (χ4v) is 2.34. The first-order valence-electron chi connectivity index (χ1n) is 8.46. The Morgan fingerprint density at radius 1 is 0.650 bits per heavy atom. The molecule has 1 rings (SSSR count). The minimum atomic E-state index is 0.931. The average Bonchev–Trinajstić information content (AvgIpc) is 2.47. The van der Waals surface area contributed by atoms with Crippen LogP contribution in [0.3, 0.4) is 0 Å². The molecule has 0 unspecified atom stereocenters. The molecule has 0 N–H and O–H groups in total. The summed E-state index contributed by atoms with van der Waals surface area (Å²) >= 11 is 0. The summed E-state index contributed by atoms with van der Waals surface area (Å²) < 4.78 is 0. The summed E-state index contributed by atoms with van der Waals surface area (Å²) in [5.74, 6) is 1.86.